The highest BCUT2D eigenvalue weighted by Gasteiger charge is 2.32. The number of hydrogen-bond acceptors (Lipinski definition) is 3. The lowest BCUT2D eigenvalue weighted by atomic mass is 9.96. The molecule has 15 heavy (non-hydrogen) atoms. The number of amidine groups is 1. The van der Waals surface area contributed by atoms with Gasteiger partial charge in [0.1, 0.15) is 0 Å². The topological polar surface area (TPSA) is 33.6 Å². The van der Waals surface area contributed by atoms with Crippen LogP contribution in [-0.4, -0.2) is 35.2 Å². The van der Waals surface area contributed by atoms with Gasteiger partial charge >= 0.3 is 0 Å². The summed E-state index contributed by atoms with van der Waals surface area (Å²) in [5, 5.41) is 4.55. The molecule has 0 saturated carbocycles. The van der Waals surface area contributed by atoms with Gasteiger partial charge in [0.2, 0.25) is 0 Å². The zero-order chi connectivity index (χ0) is 10.9. The number of rotatable bonds is 1. The lowest BCUT2D eigenvalue weighted by Gasteiger charge is -2.30. The van der Waals surface area contributed by atoms with E-state index in [-0.39, 0.29) is 11.1 Å². The van der Waals surface area contributed by atoms with Gasteiger partial charge in [0.25, 0.3) is 0 Å². The Labute approximate surface area is 96.1 Å². The summed E-state index contributed by atoms with van der Waals surface area (Å²) in [6.45, 7) is 8.27. The monoisotopic (exact) mass is 228 g/mol. The van der Waals surface area contributed by atoms with Gasteiger partial charge in [-0.1, -0.05) is 11.8 Å². The fraction of sp³-hybridized carbons (Fsp3) is 0.909. The van der Waals surface area contributed by atoms with Gasteiger partial charge in [0.05, 0.1) is 12.1 Å². The highest BCUT2D eigenvalue weighted by molar-refractivity contribution is 8.14. The quantitative estimate of drug-likeness (QED) is 0.745. The van der Waals surface area contributed by atoms with Crippen molar-refractivity contribution in [1.82, 2.24) is 5.32 Å². The molecule has 1 N–H and O–H groups in total. The molecule has 0 spiro atoms. The molecule has 0 aromatic carbocycles. The number of aliphatic imine (C=N–C) groups is 1. The minimum absolute atomic E-state index is 0.00595. The van der Waals surface area contributed by atoms with Crippen LogP contribution in [0.25, 0.3) is 0 Å². The molecule has 2 aliphatic heterocycles. The highest BCUT2D eigenvalue weighted by Crippen LogP contribution is 2.28. The smallest absolute Gasteiger partial charge is 0.157 e. The number of hydrogen-bond donors (Lipinski definition) is 1. The summed E-state index contributed by atoms with van der Waals surface area (Å²) in [5.41, 5.74) is 0.184. The van der Waals surface area contributed by atoms with Crippen molar-refractivity contribution in [2.45, 2.75) is 44.7 Å². The van der Waals surface area contributed by atoms with E-state index in [1.54, 1.807) is 0 Å². The van der Waals surface area contributed by atoms with Gasteiger partial charge in [-0.15, -0.1) is 0 Å². The summed E-state index contributed by atoms with van der Waals surface area (Å²) in [6, 6.07) is 0. The Hall–Kier alpha value is -0.220. The molecule has 0 aliphatic carbocycles. The van der Waals surface area contributed by atoms with E-state index in [9.17, 15) is 0 Å². The molecule has 2 fully saturated rings. The molecular weight excluding hydrogens is 208 g/mol. The predicted octanol–water partition coefficient (Wildman–Crippen LogP) is 2.03. The van der Waals surface area contributed by atoms with Gasteiger partial charge in [-0.3, -0.25) is 4.99 Å². The molecular formula is C11H20N2OS. The Morgan fingerprint density at radius 3 is 2.73 bits per heavy atom. The second-order valence-electron chi connectivity index (χ2n) is 5.37. The zero-order valence-electron chi connectivity index (χ0n) is 9.80. The van der Waals surface area contributed by atoms with Crippen molar-refractivity contribution in [1.29, 1.82) is 0 Å². The number of nitrogens with one attached hydrogen (secondary N) is 1. The van der Waals surface area contributed by atoms with Crippen LogP contribution in [0.15, 0.2) is 4.99 Å². The lowest BCUT2D eigenvalue weighted by Crippen LogP contribution is -2.40. The number of ether oxygens (including phenoxy) is 1. The molecule has 1 atom stereocenters. The van der Waals surface area contributed by atoms with Crippen LogP contribution in [0.3, 0.4) is 0 Å². The summed E-state index contributed by atoms with van der Waals surface area (Å²) in [4.78, 5) is 4.81. The number of thioether (sulfide) groups is 1. The van der Waals surface area contributed by atoms with E-state index in [1.165, 1.54) is 0 Å². The largest absolute Gasteiger partial charge is 0.379 e. The Morgan fingerprint density at radius 1 is 1.40 bits per heavy atom. The highest BCUT2D eigenvalue weighted by atomic mass is 32.2. The third-order valence-corrected chi connectivity index (χ3v) is 4.14. The summed E-state index contributed by atoms with van der Waals surface area (Å²) in [6.07, 6.45) is 2.26. The Kier molecular flexibility index (Phi) is 2.99. The van der Waals surface area contributed by atoms with Crippen molar-refractivity contribution in [2.24, 2.45) is 4.99 Å². The average Bonchev–Trinajstić information content (AvgIpc) is 2.45. The molecule has 0 bridgehead atoms. The van der Waals surface area contributed by atoms with Gasteiger partial charge in [-0.2, -0.15) is 0 Å². The summed E-state index contributed by atoms with van der Waals surface area (Å²) < 4.78 is 5.50. The van der Waals surface area contributed by atoms with Crippen LogP contribution in [0.4, 0.5) is 0 Å². The molecule has 2 heterocycles. The Bertz CT molecular complexity index is 270. The zero-order valence-corrected chi connectivity index (χ0v) is 10.6. The second-order valence-corrected chi connectivity index (χ2v) is 6.33. The predicted molar refractivity (Wildman–Crippen MR) is 65.6 cm³/mol. The van der Waals surface area contributed by atoms with Crippen LogP contribution < -0.4 is 5.32 Å². The van der Waals surface area contributed by atoms with E-state index in [2.05, 4.69) is 26.1 Å². The van der Waals surface area contributed by atoms with Crippen LogP contribution in [0, 0.1) is 0 Å². The first kappa shape index (κ1) is 11.3. The molecule has 0 amide bonds. The SMILES string of the molecule is CC1(N=C2NC(C)(C)CS2)CCCOC1. The summed E-state index contributed by atoms with van der Waals surface area (Å²) in [5.74, 6) is 1.10. The molecule has 1 unspecified atom stereocenters. The van der Waals surface area contributed by atoms with Crippen molar-refractivity contribution in [3.63, 3.8) is 0 Å². The fourth-order valence-electron chi connectivity index (χ4n) is 1.92. The fourth-order valence-corrected chi connectivity index (χ4v) is 3.13. The summed E-state index contributed by atoms with van der Waals surface area (Å²) in [7, 11) is 0. The first-order chi connectivity index (χ1) is 6.99. The maximum absolute atomic E-state index is 5.50. The molecule has 0 radical (unpaired) electrons. The molecule has 2 saturated heterocycles. The number of nitrogens with zero attached hydrogens (tertiary/aromatic N) is 1. The van der Waals surface area contributed by atoms with E-state index in [1.807, 2.05) is 11.8 Å². The minimum atomic E-state index is -0.00595. The standard InChI is InChI=1S/C11H20N2OS/c1-10(2)8-15-9(12-10)13-11(3)5-4-6-14-7-11/h4-8H2,1-3H3,(H,12,13). The van der Waals surface area contributed by atoms with Crippen LogP contribution >= 0.6 is 11.8 Å². The molecule has 4 heteroatoms. The van der Waals surface area contributed by atoms with E-state index in [4.69, 9.17) is 9.73 Å². The van der Waals surface area contributed by atoms with Crippen molar-refractivity contribution < 1.29 is 4.74 Å². The van der Waals surface area contributed by atoms with Crippen LogP contribution in [0.1, 0.15) is 33.6 Å². The van der Waals surface area contributed by atoms with Crippen LogP contribution in [0.5, 0.6) is 0 Å². The van der Waals surface area contributed by atoms with E-state index in [0.717, 1.165) is 37.0 Å². The normalized spacial score (nSPS) is 37.9. The van der Waals surface area contributed by atoms with Crippen LogP contribution in [-0.2, 0) is 4.74 Å². The van der Waals surface area contributed by atoms with E-state index in [0.29, 0.717) is 0 Å². The van der Waals surface area contributed by atoms with Crippen molar-refractivity contribution >= 4 is 16.9 Å². The van der Waals surface area contributed by atoms with Gasteiger partial charge < -0.3 is 10.1 Å². The van der Waals surface area contributed by atoms with E-state index < -0.39 is 0 Å². The van der Waals surface area contributed by atoms with Gasteiger partial charge in [0.15, 0.2) is 5.17 Å². The molecule has 2 aliphatic rings. The first-order valence-corrected chi connectivity index (χ1v) is 6.56. The average molecular weight is 228 g/mol. The second kappa shape index (κ2) is 3.98. The van der Waals surface area contributed by atoms with Gasteiger partial charge in [-0.25, -0.2) is 0 Å². The van der Waals surface area contributed by atoms with Gasteiger partial charge in [-0.05, 0) is 33.6 Å². The lowest BCUT2D eigenvalue weighted by molar-refractivity contribution is 0.0468. The van der Waals surface area contributed by atoms with Crippen molar-refractivity contribution in [3.8, 4) is 0 Å². The third-order valence-electron chi connectivity index (χ3n) is 2.80. The Balaban J connectivity index is 2.03. The minimum Gasteiger partial charge on any atom is -0.379 e. The molecule has 0 aromatic rings. The third kappa shape index (κ3) is 2.88. The molecule has 3 nitrogen and oxygen atoms in total. The summed E-state index contributed by atoms with van der Waals surface area (Å²) >= 11 is 1.82. The van der Waals surface area contributed by atoms with Crippen molar-refractivity contribution in [2.75, 3.05) is 19.0 Å². The maximum Gasteiger partial charge on any atom is 0.157 e. The Morgan fingerprint density at radius 2 is 2.20 bits per heavy atom. The van der Waals surface area contributed by atoms with Crippen molar-refractivity contribution in [3.05, 3.63) is 0 Å². The van der Waals surface area contributed by atoms with Gasteiger partial charge in [0, 0.05) is 17.9 Å². The maximum atomic E-state index is 5.50. The molecule has 0 aromatic heterocycles. The molecule has 2 rings (SSSR count). The first-order valence-electron chi connectivity index (χ1n) is 5.58. The van der Waals surface area contributed by atoms with Crippen LogP contribution in [0.2, 0.25) is 0 Å². The van der Waals surface area contributed by atoms with E-state index >= 15 is 0 Å². The molecule has 86 valence electrons.